The van der Waals surface area contributed by atoms with Crippen LogP contribution in [0.25, 0.3) is 0 Å². The Morgan fingerprint density at radius 1 is 1.33 bits per heavy atom. The van der Waals surface area contributed by atoms with Gasteiger partial charge in [0.1, 0.15) is 0 Å². The SMILES string of the molecule is C=CN=CNc1ccc(S)cc1. The second kappa shape index (κ2) is 4.62. The van der Waals surface area contributed by atoms with Crippen LogP contribution in [0.2, 0.25) is 0 Å². The van der Waals surface area contributed by atoms with E-state index in [0.717, 1.165) is 10.6 Å². The molecule has 12 heavy (non-hydrogen) atoms. The second-order valence-electron chi connectivity index (χ2n) is 2.15. The largest absolute Gasteiger partial charge is 0.346 e. The molecule has 0 amide bonds. The van der Waals surface area contributed by atoms with E-state index in [1.807, 2.05) is 24.3 Å². The summed E-state index contributed by atoms with van der Waals surface area (Å²) < 4.78 is 0. The molecule has 0 saturated carbocycles. The topological polar surface area (TPSA) is 24.4 Å². The third-order valence-electron chi connectivity index (χ3n) is 1.28. The van der Waals surface area contributed by atoms with Gasteiger partial charge in [-0.2, -0.15) is 0 Å². The van der Waals surface area contributed by atoms with Crippen molar-refractivity contribution in [3.05, 3.63) is 37.0 Å². The number of nitrogens with zero attached hydrogens (tertiary/aromatic N) is 1. The Kier molecular flexibility index (Phi) is 3.41. The van der Waals surface area contributed by atoms with Crippen LogP contribution in [0.15, 0.2) is 46.9 Å². The first kappa shape index (κ1) is 8.87. The Morgan fingerprint density at radius 2 is 2.00 bits per heavy atom. The third-order valence-corrected chi connectivity index (χ3v) is 1.58. The Hall–Kier alpha value is -1.22. The lowest BCUT2D eigenvalue weighted by Gasteiger charge is -1.98. The highest BCUT2D eigenvalue weighted by molar-refractivity contribution is 7.80. The number of aliphatic imine (C=N–C) groups is 1. The smallest absolute Gasteiger partial charge is 0.0922 e. The van der Waals surface area contributed by atoms with Gasteiger partial charge in [0, 0.05) is 16.8 Å². The van der Waals surface area contributed by atoms with Crippen molar-refractivity contribution >= 4 is 24.7 Å². The summed E-state index contributed by atoms with van der Waals surface area (Å²) in [5.41, 5.74) is 0.985. The van der Waals surface area contributed by atoms with E-state index in [1.54, 1.807) is 6.34 Å². The number of nitrogens with one attached hydrogen (secondary N) is 1. The van der Waals surface area contributed by atoms with Gasteiger partial charge in [-0.1, -0.05) is 6.58 Å². The fourth-order valence-electron chi connectivity index (χ4n) is 0.722. The molecule has 3 heteroatoms. The average Bonchev–Trinajstić information content (AvgIpc) is 2.09. The van der Waals surface area contributed by atoms with Crippen LogP contribution in [0.1, 0.15) is 0 Å². The molecule has 0 aliphatic rings. The van der Waals surface area contributed by atoms with Crippen molar-refractivity contribution in [2.24, 2.45) is 4.99 Å². The summed E-state index contributed by atoms with van der Waals surface area (Å²) in [5, 5.41) is 2.98. The van der Waals surface area contributed by atoms with Gasteiger partial charge in [0.2, 0.25) is 0 Å². The van der Waals surface area contributed by atoms with Crippen molar-refractivity contribution in [1.82, 2.24) is 0 Å². The molecule has 0 heterocycles. The first-order valence-electron chi connectivity index (χ1n) is 3.51. The fourth-order valence-corrected chi connectivity index (χ4v) is 0.871. The summed E-state index contributed by atoms with van der Waals surface area (Å²) in [6.07, 6.45) is 3.06. The molecular formula is C9H10N2S. The highest BCUT2D eigenvalue weighted by atomic mass is 32.1. The number of benzene rings is 1. The molecule has 0 bridgehead atoms. The van der Waals surface area contributed by atoms with Crippen molar-refractivity contribution in [3.63, 3.8) is 0 Å². The normalized spacial score (nSPS) is 10.1. The van der Waals surface area contributed by atoms with Crippen molar-refractivity contribution in [3.8, 4) is 0 Å². The van der Waals surface area contributed by atoms with Crippen LogP contribution in [0.5, 0.6) is 0 Å². The van der Waals surface area contributed by atoms with Crippen LogP contribution < -0.4 is 5.32 Å². The molecule has 1 N–H and O–H groups in total. The van der Waals surface area contributed by atoms with Gasteiger partial charge in [-0.15, -0.1) is 12.6 Å². The Bertz CT molecular complexity index is 277. The number of rotatable bonds is 3. The Morgan fingerprint density at radius 3 is 2.58 bits per heavy atom. The minimum Gasteiger partial charge on any atom is -0.346 e. The summed E-state index contributed by atoms with van der Waals surface area (Å²) >= 11 is 4.16. The molecule has 0 atom stereocenters. The molecule has 0 aromatic heterocycles. The quantitative estimate of drug-likeness (QED) is 0.415. The lowest BCUT2D eigenvalue weighted by atomic mass is 10.3. The maximum absolute atomic E-state index is 4.16. The number of hydrogen-bond donors (Lipinski definition) is 2. The molecule has 1 aromatic rings. The summed E-state index contributed by atoms with van der Waals surface area (Å²) in [5.74, 6) is 0. The summed E-state index contributed by atoms with van der Waals surface area (Å²) in [6, 6.07) is 7.68. The molecule has 0 radical (unpaired) electrons. The van der Waals surface area contributed by atoms with E-state index in [1.165, 1.54) is 6.20 Å². The molecule has 62 valence electrons. The minimum atomic E-state index is 0.946. The average molecular weight is 178 g/mol. The molecule has 1 aromatic carbocycles. The monoisotopic (exact) mass is 178 g/mol. The van der Waals surface area contributed by atoms with Gasteiger partial charge in [-0.3, -0.25) is 0 Å². The van der Waals surface area contributed by atoms with Gasteiger partial charge >= 0.3 is 0 Å². The zero-order chi connectivity index (χ0) is 8.81. The van der Waals surface area contributed by atoms with Gasteiger partial charge in [0.25, 0.3) is 0 Å². The van der Waals surface area contributed by atoms with Crippen LogP contribution in [0.3, 0.4) is 0 Å². The zero-order valence-electron chi connectivity index (χ0n) is 6.57. The van der Waals surface area contributed by atoms with E-state index in [-0.39, 0.29) is 0 Å². The van der Waals surface area contributed by atoms with E-state index in [2.05, 4.69) is 29.5 Å². The van der Waals surface area contributed by atoms with E-state index in [0.29, 0.717) is 0 Å². The Labute approximate surface area is 77.4 Å². The van der Waals surface area contributed by atoms with Crippen molar-refractivity contribution in [2.45, 2.75) is 4.90 Å². The standard InChI is InChI=1S/C9H10N2S/c1-2-10-7-11-8-3-5-9(12)6-4-8/h2-7,12H,1H2,(H,10,11). The van der Waals surface area contributed by atoms with E-state index < -0.39 is 0 Å². The lowest BCUT2D eigenvalue weighted by Crippen LogP contribution is -1.92. The second-order valence-corrected chi connectivity index (χ2v) is 2.67. The Balaban J connectivity index is 2.58. The molecule has 1 rings (SSSR count). The highest BCUT2D eigenvalue weighted by Gasteiger charge is 1.86. The molecule has 0 unspecified atom stereocenters. The maximum atomic E-state index is 4.16. The van der Waals surface area contributed by atoms with Crippen LogP contribution in [-0.4, -0.2) is 6.34 Å². The number of hydrogen-bond acceptors (Lipinski definition) is 2. The molecule has 2 nitrogen and oxygen atoms in total. The number of thiol groups is 1. The fraction of sp³-hybridized carbons (Fsp3) is 0. The molecular weight excluding hydrogens is 168 g/mol. The molecule has 0 aliphatic carbocycles. The van der Waals surface area contributed by atoms with Crippen molar-refractivity contribution in [1.29, 1.82) is 0 Å². The summed E-state index contributed by atoms with van der Waals surface area (Å²) in [6.45, 7) is 3.46. The van der Waals surface area contributed by atoms with E-state index in [9.17, 15) is 0 Å². The van der Waals surface area contributed by atoms with Gasteiger partial charge in [0.15, 0.2) is 0 Å². The van der Waals surface area contributed by atoms with Crippen molar-refractivity contribution < 1.29 is 0 Å². The van der Waals surface area contributed by atoms with E-state index >= 15 is 0 Å². The van der Waals surface area contributed by atoms with Crippen LogP contribution in [-0.2, 0) is 0 Å². The molecule has 0 fully saturated rings. The third kappa shape index (κ3) is 2.80. The highest BCUT2D eigenvalue weighted by Crippen LogP contribution is 2.10. The predicted molar refractivity (Wildman–Crippen MR) is 56.0 cm³/mol. The van der Waals surface area contributed by atoms with Crippen LogP contribution in [0, 0.1) is 0 Å². The minimum absolute atomic E-state index is 0.946. The maximum Gasteiger partial charge on any atom is 0.0922 e. The van der Waals surface area contributed by atoms with Gasteiger partial charge in [0.05, 0.1) is 6.34 Å². The lowest BCUT2D eigenvalue weighted by molar-refractivity contribution is 1.47. The summed E-state index contributed by atoms with van der Waals surface area (Å²) in [7, 11) is 0. The summed E-state index contributed by atoms with van der Waals surface area (Å²) in [4.78, 5) is 4.74. The first-order valence-corrected chi connectivity index (χ1v) is 3.96. The van der Waals surface area contributed by atoms with Gasteiger partial charge < -0.3 is 5.32 Å². The van der Waals surface area contributed by atoms with Crippen molar-refractivity contribution in [2.75, 3.05) is 5.32 Å². The van der Waals surface area contributed by atoms with Gasteiger partial charge in [-0.25, -0.2) is 4.99 Å². The predicted octanol–water partition coefficient (Wildman–Crippen LogP) is 2.56. The zero-order valence-corrected chi connectivity index (χ0v) is 7.46. The molecule has 0 spiro atoms. The molecule has 0 aliphatic heterocycles. The molecule has 0 saturated heterocycles. The van der Waals surface area contributed by atoms with Crippen LogP contribution in [0.4, 0.5) is 5.69 Å². The van der Waals surface area contributed by atoms with E-state index in [4.69, 9.17) is 0 Å². The first-order chi connectivity index (χ1) is 5.83. The number of anilines is 1. The van der Waals surface area contributed by atoms with Gasteiger partial charge in [-0.05, 0) is 24.3 Å². The van der Waals surface area contributed by atoms with Crippen LogP contribution >= 0.6 is 12.6 Å².